The molecule has 0 saturated heterocycles. The Bertz CT molecular complexity index is 979. The molecule has 0 unspecified atom stereocenters. The number of aryl methyl sites for hydroxylation is 2. The zero-order chi connectivity index (χ0) is 17.8. The molecule has 0 aliphatic heterocycles. The van der Waals surface area contributed by atoms with Crippen molar-refractivity contribution in [3.05, 3.63) is 64.3 Å². The summed E-state index contributed by atoms with van der Waals surface area (Å²) >= 11 is 6.23. The second kappa shape index (κ2) is 7.50. The molecule has 25 heavy (non-hydrogen) atoms. The van der Waals surface area contributed by atoms with Crippen LogP contribution in [0.1, 0.15) is 30.0 Å². The Morgan fingerprint density at radius 2 is 2.12 bits per heavy atom. The Labute approximate surface area is 152 Å². The molecule has 3 rings (SSSR count). The van der Waals surface area contributed by atoms with Crippen molar-refractivity contribution in [3.63, 3.8) is 0 Å². The largest absolute Gasteiger partial charge is 0.292 e. The van der Waals surface area contributed by atoms with Crippen LogP contribution in [0.5, 0.6) is 0 Å². The lowest BCUT2D eigenvalue weighted by Gasteiger charge is -2.09. The summed E-state index contributed by atoms with van der Waals surface area (Å²) in [5, 5.41) is 15.8. The first-order valence-electron chi connectivity index (χ1n) is 8.27. The zero-order valence-corrected chi connectivity index (χ0v) is 15.1. The molecule has 0 spiro atoms. The maximum atomic E-state index is 9.61. The van der Waals surface area contributed by atoms with Crippen molar-refractivity contribution in [1.82, 2.24) is 9.78 Å². The molecule has 0 N–H and O–H groups in total. The molecule has 0 atom stereocenters. The Balaban J connectivity index is 1.98. The summed E-state index contributed by atoms with van der Waals surface area (Å²) in [6, 6.07) is 14.1. The average Bonchev–Trinajstić information content (AvgIpc) is 3.04. The molecule has 0 bridgehead atoms. The topological polar surface area (TPSA) is 54.0 Å². The summed E-state index contributed by atoms with van der Waals surface area (Å²) in [4.78, 5) is 4.32. The normalized spacial score (nSPS) is 11.7. The molecule has 5 heteroatoms. The Morgan fingerprint density at radius 3 is 2.80 bits per heavy atom. The van der Waals surface area contributed by atoms with Gasteiger partial charge in [-0.3, -0.25) is 9.67 Å². The quantitative estimate of drug-likeness (QED) is 0.630. The van der Waals surface area contributed by atoms with Gasteiger partial charge in [0.25, 0.3) is 0 Å². The van der Waals surface area contributed by atoms with Crippen molar-refractivity contribution >= 4 is 28.2 Å². The minimum Gasteiger partial charge on any atom is -0.292 e. The Kier molecular flexibility index (Phi) is 5.16. The number of fused-ring (bicyclic) bond motifs is 1. The summed E-state index contributed by atoms with van der Waals surface area (Å²) < 4.78 is 1.88. The first kappa shape index (κ1) is 17.2. The second-order valence-electron chi connectivity index (χ2n) is 5.81. The number of halogens is 1. The molecule has 1 aromatic heterocycles. The molecule has 0 amide bonds. The highest BCUT2D eigenvalue weighted by molar-refractivity contribution is 6.31. The maximum absolute atomic E-state index is 9.61. The highest BCUT2D eigenvalue weighted by Crippen LogP contribution is 2.23. The van der Waals surface area contributed by atoms with Gasteiger partial charge in [0.15, 0.2) is 0 Å². The van der Waals surface area contributed by atoms with Crippen LogP contribution in [-0.2, 0) is 13.0 Å². The smallest absolute Gasteiger partial charge is 0.101 e. The van der Waals surface area contributed by atoms with Crippen LogP contribution in [-0.4, -0.2) is 22.5 Å². The van der Waals surface area contributed by atoms with Crippen molar-refractivity contribution in [1.29, 1.82) is 5.26 Å². The van der Waals surface area contributed by atoms with Gasteiger partial charge in [0.1, 0.15) is 6.07 Å². The van der Waals surface area contributed by atoms with Gasteiger partial charge >= 0.3 is 0 Å². The number of hydrogen-bond acceptors (Lipinski definition) is 3. The second-order valence-corrected chi connectivity index (χ2v) is 6.21. The summed E-state index contributed by atoms with van der Waals surface area (Å²) in [5.41, 5.74) is 4.54. The van der Waals surface area contributed by atoms with Crippen molar-refractivity contribution in [3.8, 4) is 6.07 Å². The lowest BCUT2D eigenvalue weighted by atomic mass is 10.0. The fourth-order valence-electron chi connectivity index (χ4n) is 3.07. The van der Waals surface area contributed by atoms with Crippen LogP contribution < -0.4 is 0 Å². The third kappa shape index (κ3) is 3.42. The van der Waals surface area contributed by atoms with Gasteiger partial charge < -0.3 is 0 Å². The monoisotopic (exact) mass is 350 g/mol. The van der Waals surface area contributed by atoms with Crippen LogP contribution in [0, 0.1) is 11.3 Å². The predicted molar refractivity (Wildman–Crippen MR) is 102 cm³/mol. The van der Waals surface area contributed by atoms with E-state index in [9.17, 15) is 5.26 Å². The van der Waals surface area contributed by atoms with Crippen LogP contribution in [0.25, 0.3) is 10.9 Å². The van der Waals surface area contributed by atoms with E-state index in [0.29, 0.717) is 12.1 Å². The molecule has 2 aromatic carbocycles. The van der Waals surface area contributed by atoms with Crippen molar-refractivity contribution < 1.29 is 0 Å². The number of rotatable bonds is 5. The van der Waals surface area contributed by atoms with Crippen molar-refractivity contribution in [2.45, 2.75) is 26.3 Å². The minimum atomic E-state index is 0.624. The standard InChI is InChI=1S/C20H19ClN4/c1-3-19(23-2)15-10-16(12-22)20-17(11-15)13-24-25(20)9-8-14-6-4-5-7-18(14)21/h4-7,10-11,13H,3,8-9H2,1-2H3. The van der Waals surface area contributed by atoms with E-state index in [2.05, 4.69) is 29.2 Å². The number of benzene rings is 2. The van der Waals surface area contributed by atoms with E-state index < -0.39 is 0 Å². The van der Waals surface area contributed by atoms with Crippen LogP contribution in [0.4, 0.5) is 0 Å². The molecule has 4 nitrogen and oxygen atoms in total. The van der Waals surface area contributed by atoms with Gasteiger partial charge in [0, 0.05) is 29.7 Å². The van der Waals surface area contributed by atoms with E-state index in [-0.39, 0.29) is 0 Å². The average molecular weight is 351 g/mol. The van der Waals surface area contributed by atoms with E-state index in [1.165, 1.54) is 0 Å². The molecule has 3 aromatic rings. The maximum Gasteiger partial charge on any atom is 0.101 e. The predicted octanol–water partition coefficient (Wildman–Crippen LogP) is 4.63. The van der Waals surface area contributed by atoms with Crippen molar-refractivity contribution in [2.24, 2.45) is 4.99 Å². The number of aromatic nitrogens is 2. The van der Waals surface area contributed by atoms with E-state index >= 15 is 0 Å². The van der Waals surface area contributed by atoms with Crippen molar-refractivity contribution in [2.75, 3.05) is 7.05 Å². The number of aliphatic imine (C=N–C) groups is 1. The SMILES string of the molecule is CCC(=NC)c1cc(C#N)c2c(cnn2CCc2ccccc2Cl)c1. The Hall–Kier alpha value is -2.64. The van der Waals surface area contributed by atoms with Gasteiger partial charge in [-0.1, -0.05) is 36.7 Å². The zero-order valence-electron chi connectivity index (χ0n) is 14.3. The van der Waals surface area contributed by atoms with E-state index in [0.717, 1.165) is 45.6 Å². The molecule has 126 valence electrons. The number of nitriles is 1. The van der Waals surface area contributed by atoms with E-state index in [1.54, 1.807) is 7.05 Å². The lowest BCUT2D eigenvalue weighted by Crippen LogP contribution is -2.05. The van der Waals surface area contributed by atoms with Gasteiger partial charge in [0.2, 0.25) is 0 Å². The molecule has 0 radical (unpaired) electrons. The van der Waals surface area contributed by atoms with Gasteiger partial charge in [-0.2, -0.15) is 10.4 Å². The fourth-order valence-corrected chi connectivity index (χ4v) is 3.30. The molecule has 0 saturated carbocycles. The van der Waals surface area contributed by atoms with Crippen LogP contribution in [0.3, 0.4) is 0 Å². The number of nitrogens with zero attached hydrogens (tertiary/aromatic N) is 4. The lowest BCUT2D eigenvalue weighted by molar-refractivity contribution is 0.635. The molecule has 0 fully saturated rings. The van der Waals surface area contributed by atoms with Crippen LogP contribution >= 0.6 is 11.6 Å². The van der Waals surface area contributed by atoms with Gasteiger partial charge in [0.05, 0.1) is 17.3 Å². The first-order chi connectivity index (χ1) is 12.2. The van der Waals surface area contributed by atoms with E-state index in [4.69, 9.17) is 11.6 Å². The summed E-state index contributed by atoms with van der Waals surface area (Å²) in [7, 11) is 1.78. The molecular formula is C20H19ClN4. The Morgan fingerprint density at radius 1 is 1.32 bits per heavy atom. The summed E-state index contributed by atoms with van der Waals surface area (Å²) in [6.45, 7) is 2.73. The molecular weight excluding hydrogens is 332 g/mol. The first-order valence-corrected chi connectivity index (χ1v) is 8.64. The molecule has 0 aliphatic rings. The van der Waals surface area contributed by atoms with Gasteiger partial charge in [-0.05, 0) is 42.2 Å². The highest BCUT2D eigenvalue weighted by atomic mass is 35.5. The number of hydrogen-bond donors (Lipinski definition) is 0. The summed E-state index contributed by atoms with van der Waals surface area (Å²) in [6.07, 6.45) is 3.41. The van der Waals surface area contributed by atoms with Gasteiger partial charge in [-0.15, -0.1) is 0 Å². The van der Waals surface area contributed by atoms with Crippen LogP contribution in [0.2, 0.25) is 5.02 Å². The third-order valence-electron chi connectivity index (χ3n) is 4.34. The fraction of sp³-hybridized carbons (Fsp3) is 0.250. The van der Waals surface area contributed by atoms with Gasteiger partial charge in [-0.25, -0.2) is 0 Å². The molecule has 0 aliphatic carbocycles. The van der Waals surface area contributed by atoms with E-state index in [1.807, 2.05) is 41.2 Å². The molecule has 1 heterocycles. The minimum absolute atomic E-state index is 0.624. The summed E-state index contributed by atoms with van der Waals surface area (Å²) in [5.74, 6) is 0. The van der Waals surface area contributed by atoms with Crippen LogP contribution in [0.15, 0.2) is 47.6 Å². The third-order valence-corrected chi connectivity index (χ3v) is 4.71. The highest BCUT2D eigenvalue weighted by Gasteiger charge is 2.12.